The van der Waals surface area contributed by atoms with Crippen LogP contribution in [0, 0.1) is 12.8 Å². The third-order valence-corrected chi connectivity index (χ3v) is 3.98. The second-order valence-corrected chi connectivity index (χ2v) is 6.16. The minimum Gasteiger partial charge on any atom is -0.370 e. The van der Waals surface area contributed by atoms with Gasteiger partial charge in [-0.3, -0.25) is 4.99 Å². The van der Waals surface area contributed by atoms with E-state index in [-0.39, 0.29) is 0 Å². The molecule has 1 atom stereocenters. The zero-order valence-corrected chi connectivity index (χ0v) is 13.3. The number of benzene rings is 1. The zero-order valence-electron chi connectivity index (χ0n) is 13.3. The first kappa shape index (κ1) is 15.8. The highest BCUT2D eigenvalue weighted by atomic mass is 15.1. The number of aryl methyl sites for hydroxylation is 1. The lowest BCUT2D eigenvalue weighted by Crippen LogP contribution is -2.35. The Labute approximate surface area is 128 Å². The van der Waals surface area contributed by atoms with Gasteiger partial charge in [-0.2, -0.15) is 0 Å². The molecule has 0 amide bonds. The van der Waals surface area contributed by atoms with Gasteiger partial charge in [0.2, 0.25) is 0 Å². The van der Waals surface area contributed by atoms with E-state index in [0.717, 1.165) is 31.1 Å². The van der Waals surface area contributed by atoms with E-state index in [2.05, 4.69) is 41.2 Å². The predicted octanol–water partition coefficient (Wildman–Crippen LogP) is 2.84. The van der Waals surface area contributed by atoms with Gasteiger partial charge in [-0.1, -0.05) is 24.6 Å². The largest absolute Gasteiger partial charge is 0.370 e. The van der Waals surface area contributed by atoms with Crippen molar-refractivity contribution in [3.8, 4) is 0 Å². The van der Waals surface area contributed by atoms with E-state index in [1.165, 1.54) is 31.5 Å². The summed E-state index contributed by atoms with van der Waals surface area (Å²) >= 11 is 0. The average Bonchev–Trinajstić information content (AvgIpc) is 2.46. The second-order valence-electron chi connectivity index (χ2n) is 6.16. The molecule has 1 aliphatic rings. The van der Waals surface area contributed by atoms with Crippen LogP contribution in [-0.4, -0.2) is 37.0 Å². The first-order valence-electron chi connectivity index (χ1n) is 7.99. The molecule has 4 nitrogen and oxygen atoms in total. The molecule has 4 heteroatoms. The molecule has 0 aliphatic carbocycles. The molecule has 0 bridgehead atoms. The van der Waals surface area contributed by atoms with Crippen molar-refractivity contribution in [1.82, 2.24) is 4.90 Å². The molecular formula is C17H28N4. The molecule has 1 aromatic carbocycles. The van der Waals surface area contributed by atoms with E-state index in [1.807, 2.05) is 12.1 Å². The second kappa shape index (κ2) is 8.03. The lowest BCUT2D eigenvalue weighted by atomic mass is 10.0. The van der Waals surface area contributed by atoms with Crippen LogP contribution in [0.25, 0.3) is 0 Å². The number of guanidine groups is 1. The number of hydrogen-bond donors (Lipinski definition) is 2. The van der Waals surface area contributed by atoms with Crippen molar-refractivity contribution in [1.29, 1.82) is 0 Å². The lowest BCUT2D eigenvalue weighted by Gasteiger charge is -2.30. The van der Waals surface area contributed by atoms with E-state index in [9.17, 15) is 0 Å². The molecule has 1 fully saturated rings. The zero-order chi connectivity index (χ0) is 15.1. The van der Waals surface area contributed by atoms with Crippen molar-refractivity contribution >= 4 is 11.6 Å². The highest BCUT2D eigenvalue weighted by Crippen LogP contribution is 2.15. The van der Waals surface area contributed by atoms with Gasteiger partial charge in [0.1, 0.15) is 0 Å². The number of rotatable bonds is 5. The quantitative estimate of drug-likeness (QED) is 0.497. The van der Waals surface area contributed by atoms with Gasteiger partial charge >= 0.3 is 0 Å². The van der Waals surface area contributed by atoms with Crippen LogP contribution in [-0.2, 0) is 0 Å². The molecule has 3 N–H and O–H groups in total. The molecule has 2 rings (SSSR count). The van der Waals surface area contributed by atoms with Crippen LogP contribution in [0.2, 0.25) is 0 Å². The van der Waals surface area contributed by atoms with Gasteiger partial charge in [0, 0.05) is 18.8 Å². The number of nitrogens with zero attached hydrogens (tertiary/aromatic N) is 2. The molecule has 0 radical (unpaired) electrons. The normalized spacial score (nSPS) is 20.5. The van der Waals surface area contributed by atoms with Gasteiger partial charge in [-0.15, -0.1) is 0 Å². The number of piperidine rings is 1. The van der Waals surface area contributed by atoms with Gasteiger partial charge in [0.25, 0.3) is 0 Å². The highest BCUT2D eigenvalue weighted by Gasteiger charge is 2.15. The van der Waals surface area contributed by atoms with Gasteiger partial charge in [0.05, 0.1) is 0 Å². The Morgan fingerprint density at radius 1 is 1.38 bits per heavy atom. The van der Waals surface area contributed by atoms with Crippen LogP contribution < -0.4 is 11.1 Å². The number of nitrogens with two attached hydrogens (primary N) is 1. The van der Waals surface area contributed by atoms with Crippen molar-refractivity contribution in [2.45, 2.75) is 33.1 Å². The highest BCUT2D eigenvalue weighted by molar-refractivity contribution is 5.92. The lowest BCUT2D eigenvalue weighted by molar-refractivity contribution is 0.183. The van der Waals surface area contributed by atoms with Crippen LogP contribution >= 0.6 is 0 Å². The van der Waals surface area contributed by atoms with Crippen LogP contribution in [0.15, 0.2) is 29.3 Å². The maximum atomic E-state index is 5.91. The summed E-state index contributed by atoms with van der Waals surface area (Å²) in [4.78, 5) is 6.95. The average molecular weight is 288 g/mol. The number of nitrogens with one attached hydrogen (secondary N) is 1. The summed E-state index contributed by atoms with van der Waals surface area (Å²) in [6, 6.07) is 8.17. The summed E-state index contributed by atoms with van der Waals surface area (Å²) in [5, 5.41) is 3.13. The van der Waals surface area contributed by atoms with Gasteiger partial charge < -0.3 is 16.0 Å². The number of aliphatic imine (C=N–C) groups is 1. The maximum absolute atomic E-state index is 5.91. The predicted molar refractivity (Wildman–Crippen MR) is 90.7 cm³/mol. The fraction of sp³-hybridized carbons (Fsp3) is 0.588. The molecule has 21 heavy (non-hydrogen) atoms. The van der Waals surface area contributed by atoms with Crippen LogP contribution in [0.1, 0.15) is 31.7 Å². The monoisotopic (exact) mass is 288 g/mol. The summed E-state index contributed by atoms with van der Waals surface area (Å²) in [7, 11) is 0. The Hall–Kier alpha value is -1.55. The number of hydrogen-bond acceptors (Lipinski definition) is 2. The Morgan fingerprint density at radius 3 is 2.86 bits per heavy atom. The van der Waals surface area contributed by atoms with E-state index in [0.29, 0.717) is 5.96 Å². The van der Waals surface area contributed by atoms with Crippen molar-refractivity contribution in [3.05, 3.63) is 29.8 Å². The van der Waals surface area contributed by atoms with E-state index in [1.54, 1.807) is 0 Å². The SMILES string of the molecule is Cc1ccc(NC(N)=NCCCN2CCCC(C)C2)cc1. The Bertz CT molecular complexity index is 452. The molecule has 116 valence electrons. The fourth-order valence-corrected chi connectivity index (χ4v) is 2.81. The van der Waals surface area contributed by atoms with Crippen molar-refractivity contribution < 1.29 is 0 Å². The van der Waals surface area contributed by atoms with Crippen LogP contribution in [0.4, 0.5) is 5.69 Å². The standard InChI is InChI=1S/C17H28N4/c1-14-6-8-16(9-7-14)20-17(18)19-10-4-12-21-11-3-5-15(2)13-21/h6-9,15H,3-5,10-13H2,1-2H3,(H3,18,19,20). The summed E-state index contributed by atoms with van der Waals surface area (Å²) in [5.74, 6) is 1.35. The number of likely N-dealkylation sites (tertiary alicyclic amines) is 1. The first-order valence-corrected chi connectivity index (χ1v) is 7.99. The van der Waals surface area contributed by atoms with E-state index < -0.39 is 0 Å². The summed E-state index contributed by atoms with van der Waals surface area (Å²) in [6.07, 6.45) is 3.78. The molecule has 0 aromatic heterocycles. The van der Waals surface area contributed by atoms with Crippen LogP contribution in [0.3, 0.4) is 0 Å². The molecule has 1 aliphatic heterocycles. The van der Waals surface area contributed by atoms with Gasteiger partial charge in [-0.25, -0.2) is 0 Å². The molecule has 0 spiro atoms. The van der Waals surface area contributed by atoms with E-state index >= 15 is 0 Å². The summed E-state index contributed by atoms with van der Waals surface area (Å²) in [5.41, 5.74) is 8.15. The summed E-state index contributed by atoms with van der Waals surface area (Å²) in [6.45, 7) is 8.81. The first-order chi connectivity index (χ1) is 10.1. The van der Waals surface area contributed by atoms with Gasteiger partial charge in [-0.05, 0) is 57.3 Å². The Kier molecular flexibility index (Phi) is 6.05. The van der Waals surface area contributed by atoms with Gasteiger partial charge in [0.15, 0.2) is 5.96 Å². The molecule has 1 saturated heterocycles. The van der Waals surface area contributed by atoms with Crippen molar-refractivity contribution in [2.24, 2.45) is 16.6 Å². The molecule has 0 saturated carbocycles. The molecule has 1 unspecified atom stereocenters. The third-order valence-electron chi connectivity index (χ3n) is 3.98. The van der Waals surface area contributed by atoms with Crippen LogP contribution in [0.5, 0.6) is 0 Å². The maximum Gasteiger partial charge on any atom is 0.193 e. The fourth-order valence-electron chi connectivity index (χ4n) is 2.81. The van der Waals surface area contributed by atoms with Crippen molar-refractivity contribution in [3.63, 3.8) is 0 Å². The topological polar surface area (TPSA) is 53.6 Å². The summed E-state index contributed by atoms with van der Waals surface area (Å²) < 4.78 is 0. The smallest absolute Gasteiger partial charge is 0.193 e. The van der Waals surface area contributed by atoms with Crippen molar-refractivity contribution in [2.75, 3.05) is 31.5 Å². The van der Waals surface area contributed by atoms with E-state index in [4.69, 9.17) is 5.73 Å². The molecular weight excluding hydrogens is 260 g/mol. The molecule has 1 aromatic rings. The third kappa shape index (κ3) is 5.76. The minimum absolute atomic E-state index is 0.505. The minimum atomic E-state index is 0.505. The molecule has 1 heterocycles. The Morgan fingerprint density at radius 2 is 2.14 bits per heavy atom. The Balaban J connectivity index is 1.67. The number of anilines is 1.